The lowest BCUT2D eigenvalue weighted by atomic mass is 9.80. The second-order valence-electron chi connectivity index (χ2n) is 23.8. The van der Waals surface area contributed by atoms with Gasteiger partial charge >= 0.3 is 0 Å². The van der Waals surface area contributed by atoms with Crippen molar-refractivity contribution in [3.8, 4) is 46.0 Å². The highest BCUT2D eigenvalue weighted by Gasteiger charge is 2.47. The van der Waals surface area contributed by atoms with Crippen molar-refractivity contribution in [3.05, 3.63) is 226 Å². The fourth-order valence-electron chi connectivity index (χ4n) is 13.1. The van der Waals surface area contributed by atoms with Crippen molar-refractivity contribution in [3.63, 3.8) is 0 Å². The summed E-state index contributed by atoms with van der Waals surface area (Å²) < 4.78 is 29.1. The maximum absolute atomic E-state index is 16.3. The van der Waals surface area contributed by atoms with Gasteiger partial charge in [0, 0.05) is 108 Å². The predicted octanol–water partition coefficient (Wildman–Crippen LogP) is 15.1. The number of aryl methyl sites for hydroxylation is 4. The summed E-state index contributed by atoms with van der Waals surface area (Å²) in [7, 11) is 3.33. The molecule has 0 radical (unpaired) electrons. The van der Waals surface area contributed by atoms with Gasteiger partial charge in [-0.05, 0) is 147 Å². The van der Waals surface area contributed by atoms with Crippen LogP contribution in [0.3, 0.4) is 0 Å². The van der Waals surface area contributed by atoms with Gasteiger partial charge in [-0.3, -0.25) is 48.5 Å². The molecule has 6 amide bonds. The van der Waals surface area contributed by atoms with Gasteiger partial charge < -0.3 is 28.7 Å². The van der Waals surface area contributed by atoms with Gasteiger partial charge in [0.05, 0.1) is 22.3 Å². The molecule has 11 aromatic rings. The second-order valence-corrected chi connectivity index (χ2v) is 23.8. The van der Waals surface area contributed by atoms with E-state index in [9.17, 15) is 0 Å². The first kappa shape index (κ1) is 59.9. The quantitative estimate of drug-likeness (QED) is 0.0401. The molecule has 0 N–H and O–H groups in total. The van der Waals surface area contributed by atoms with E-state index in [1.165, 1.54) is 0 Å². The summed E-state index contributed by atoms with van der Waals surface area (Å²) in [6, 6.07) is 40.6. The van der Waals surface area contributed by atoms with E-state index >= 15 is 28.8 Å². The average Bonchev–Trinajstić information content (AvgIpc) is 0.672. The molecule has 0 saturated carbocycles. The van der Waals surface area contributed by atoms with Crippen LogP contribution in [-0.4, -0.2) is 104 Å². The number of aromatic nitrogens is 2. The minimum Gasteiger partial charge on any atom is -0.456 e. The summed E-state index contributed by atoms with van der Waals surface area (Å²) in [6.45, 7) is 12.2. The third-order valence-electron chi connectivity index (χ3n) is 17.6. The molecule has 0 aliphatic carbocycles. The molecule has 16 nitrogen and oxygen atoms in total. The largest absolute Gasteiger partial charge is 0.456 e. The number of carbonyl (C=O) groups is 6. The number of fused-ring (bicyclic) bond motifs is 2. The van der Waals surface area contributed by atoms with E-state index in [1.807, 2.05) is 139 Å². The molecule has 4 heterocycles. The molecule has 0 bridgehead atoms. The van der Waals surface area contributed by atoms with Crippen molar-refractivity contribution in [1.29, 1.82) is 0 Å². The number of benzene rings is 9. The zero-order chi connectivity index (χ0) is 64.2. The van der Waals surface area contributed by atoms with Crippen molar-refractivity contribution >= 4 is 78.5 Å². The van der Waals surface area contributed by atoms with Crippen molar-refractivity contribution in [2.75, 3.05) is 27.2 Å². The van der Waals surface area contributed by atoms with E-state index in [1.54, 1.807) is 97.2 Å². The molecule has 0 saturated heterocycles. The van der Waals surface area contributed by atoms with E-state index in [0.29, 0.717) is 92.4 Å². The third kappa shape index (κ3) is 10.4. The number of para-hydroxylation sites is 4. The highest BCUT2D eigenvalue weighted by molar-refractivity contribution is 6.45. The topological polar surface area (TPSA) is 178 Å². The summed E-state index contributed by atoms with van der Waals surface area (Å²) in [5.74, 6) is -1.69. The van der Waals surface area contributed by atoms with E-state index in [0.717, 1.165) is 32.1 Å². The Labute approximate surface area is 531 Å². The van der Waals surface area contributed by atoms with Gasteiger partial charge in [0.1, 0.15) is 58.1 Å². The van der Waals surface area contributed by atoms with Gasteiger partial charge in [-0.1, -0.05) is 86.6 Å². The maximum Gasteiger partial charge on any atom is 0.262 e. The van der Waals surface area contributed by atoms with Crippen molar-refractivity contribution in [2.24, 2.45) is 0 Å². The maximum atomic E-state index is 16.3. The third-order valence-corrected chi connectivity index (χ3v) is 17.6. The molecule has 13 rings (SSSR count). The van der Waals surface area contributed by atoms with Crippen LogP contribution < -0.4 is 18.9 Å². The van der Waals surface area contributed by atoms with Crippen LogP contribution in [0.1, 0.15) is 102 Å². The van der Waals surface area contributed by atoms with Crippen LogP contribution in [0.2, 0.25) is 0 Å². The molecule has 2 aliphatic rings. The smallest absolute Gasteiger partial charge is 0.262 e. The van der Waals surface area contributed by atoms with Crippen LogP contribution in [0.15, 0.2) is 170 Å². The summed E-state index contributed by atoms with van der Waals surface area (Å²) in [4.78, 5) is 109. The van der Waals surface area contributed by atoms with E-state index in [2.05, 4.69) is 9.97 Å². The Morgan fingerprint density at radius 1 is 0.380 bits per heavy atom. The lowest BCUT2D eigenvalue weighted by molar-refractivity contribution is -0.134. The van der Waals surface area contributed by atoms with Gasteiger partial charge in [-0.2, -0.15) is 0 Å². The van der Waals surface area contributed by atoms with Crippen LogP contribution in [0.25, 0.3) is 43.1 Å². The molecule has 460 valence electrons. The molecule has 2 aromatic heterocycles. The number of ether oxygens (including phenoxy) is 4. The average molecular weight is 1220 g/mol. The molecule has 0 spiro atoms. The second kappa shape index (κ2) is 24.4. The Bertz CT molecular complexity index is 4300. The van der Waals surface area contributed by atoms with Gasteiger partial charge in [-0.25, -0.2) is 0 Å². The van der Waals surface area contributed by atoms with Crippen LogP contribution in [0.4, 0.5) is 0 Å². The van der Waals surface area contributed by atoms with E-state index < -0.39 is 47.5 Å². The number of nitrogens with zero attached hydrogens (tertiary/aromatic N) is 6. The SMILES string of the molecule is CCCN(C)C(=O)C(Cc1ccncc1)N1C(=O)c2cc(Oc3ccccc3C)c3c4c(Oc5ccccc5C)cc5c6c(cc(Oc7ccccc7C)c(c7c(Oc8ccccc8C)cc(c2c37)C1=O)c64)C(=O)N([C@@H](Cc1ccncc1)C(=O)N(C)CCC)C5=O. The number of hydrogen-bond donors (Lipinski definition) is 0. The normalized spacial score (nSPS) is 13.5. The molecule has 16 heteroatoms. The van der Waals surface area contributed by atoms with Crippen LogP contribution in [-0.2, 0) is 22.4 Å². The zero-order valence-corrected chi connectivity index (χ0v) is 52.3. The van der Waals surface area contributed by atoms with Gasteiger partial charge in [-0.15, -0.1) is 0 Å². The first-order valence-electron chi connectivity index (χ1n) is 30.9. The van der Waals surface area contributed by atoms with E-state index in [-0.39, 0.29) is 68.9 Å². The summed E-state index contributed by atoms with van der Waals surface area (Å²) >= 11 is 0. The molecule has 1 unspecified atom stereocenters. The fraction of sp³-hybridized carbons (Fsp3) is 0.211. The lowest BCUT2D eigenvalue weighted by Crippen LogP contribution is -2.55. The molecule has 0 fully saturated rings. The highest BCUT2D eigenvalue weighted by Crippen LogP contribution is 2.58. The monoisotopic (exact) mass is 1220 g/mol. The first-order chi connectivity index (χ1) is 44.6. The number of likely N-dealkylation sites (N-methyl/N-ethyl adjacent to an activating group) is 2. The van der Waals surface area contributed by atoms with Gasteiger partial charge in [0.2, 0.25) is 11.8 Å². The summed E-state index contributed by atoms with van der Waals surface area (Å²) in [5, 5.41) is 2.41. The number of hydrogen-bond acceptors (Lipinski definition) is 12. The molecule has 9 aromatic carbocycles. The number of carbonyl (C=O) groups excluding carboxylic acids is 6. The van der Waals surface area contributed by atoms with Crippen molar-refractivity contribution in [2.45, 2.75) is 79.3 Å². The van der Waals surface area contributed by atoms with Crippen LogP contribution >= 0.6 is 0 Å². The molecular formula is C76H66N6O10. The summed E-state index contributed by atoms with van der Waals surface area (Å²) in [5.41, 5.74) is 4.51. The first-order valence-corrected chi connectivity index (χ1v) is 30.9. The molecule has 92 heavy (non-hydrogen) atoms. The standard InChI is InChI=1S/C76H66N6O10/c1-9-35-79(7)75(87)53(37-47-27-31-77-32-28-47)81-71(83)49-39-59(89-55-23-15-11-19-43(55)3)65-67-61(91-57-25-17-13-21-45(57)5)41-51-64-52(74(86)82(73(51)85)54(76(88)80(8)36-10-2)38-48-29-33-78-34-30-48)42-62(92-58-26-18-14-22-46(58)6)68(70(64)67)66-60(90-56-24-16-12-20-44(56)4)40-50(72(81)84)63(49)69(65)66/h11-34,39-42,53-54H,9-10,35-38H2,1-8H3/t53-,54?/m0/s1. The minimum absolute atomic E-state index is 0.0249. The Morgan fingerprint density at radius 2 is 0.641 bits per heavy atom. The van der Waals surface area contributed by atoms with Crippen LogP contribution in [0.5, 0.6) is 46.0 Å². The minimum atomic E-state index is -1.33. The highest BCUT2D eigenvalue weighted by atomic mass is 16.5. The van der Waals surface area contributed by atoms with Crippen molar-refractivity contribution < 1.29 is 47.7 Å². The zero-order valence-electron chi connectivity index (χ0n) is 52.3. The van der Waals surface area contributed by atoms with Crippen LogP contribution in [0, 0.1) is 27.7 Å². The number of pyridine rings is 2. The van der Waals surface area contributed by atoms with E-state index in [4.69, 9.17) is 18.9 Å². The van der Waals surface area contributed by atoms with Crippen molar-refractivity contribution in [1.82, 2.24) is 29.6 Å². The fourth-order valence-corrected chi connectivity index (χ4v) is 13.1. The number of rotatable bonds is 20. The predicted molar refractivity (Wildman–Crippen MR) is 353 cm³/mol. The Balaban J connectivity index is 1.22. The number of amides is 6. The Hall–Kier alpha value is -11.0. The lowest BCUT2D eigenvalue weighted by Gasteiger charge is -2.37. The Kier molecular flexibility index (Phi) is 15.9. The number of imide groups is 2. The molecular weight excluding hydrogens is 1160 g/mol. The van der Waals surface area contributed by atoms with Gasteiger partial charge in [0.15, 0.2) is 0 Å². The molecule has 2 atom stereocenters. The van der Waals surface area contributed by atoms with Gasteiger partial charge in [0.25, 0.3) is 23.6 Å². The Morgan fingerprint density at radius 3 is 0.891 bits per heavy atom. The molecule has 2 aliphatic heterocycles. The summed E-state index contributed by atoms with van der Waals surface area (Å²) in [6.07, 6.45) is 7.60.